The molecule has 0 saturated carbocycles. The van der Waals surface area contributed by atoms with Gasteiger partial charge < -0.3 is 22.8 Å². The van der Waals surface area contributed by atoms with Crippen molar-refractivity contribution in [1.82, 2.24) is 0 Å². The molecule has 0 spiro atoms. The molecule has 0 bridgehead atoms. The Balaban J connectivity index is 4.24. The van der Waals surface area contributed by atoms with Crippen LogP contribution in [0.15, 0.2) is 0 Å². The van der Waals surface area contributed by atoms with E-state index in [4.69, 9.17) is 22.8 Å². The molecule has 104 valence electrons. The third kappa shape index (κ3) is 9.69. The molecule has 0 atom stereocenters. The predicted octanol–water partition coefficient (Wildman–Crippen LogP) is 1.93. The van der Waals surface area contributed by atoms with Crippen LogP contribution in [0.25, 0.3) is 0 Å². The molecular weight excluding hydrogens is 240 g/mol. The van der Waals surface area contributed by atoms with Crippen LogP contribution in [0.1, 0.15) is 41.5 Å². The Kier molecular flexibility index (Phi) is 10.00. The van der Waals surface area contributed by atoms with Gasteiger partial charge in [-0.15, -0.1) is 0 Å². The first-order valence-corrected chi connectivity index (χ1v) is 7.60. The molecule has 0 radical (unpaired) electrons. The quantitative estimate of drug-likeness (QED) is 0.446. The average molecular weight is 266 g/mol. The van der Waals surface area contributed by atoms with E-state index in [9.17, 15) is 0 Å². The van der Waals surface area contributed by atoms with E-state index in [-0.39, 0.29) is 12.2 Å². The van der Waals surface area contributed by atoms with E-state index in [2.05, 4.69) is 0 Å². The summed E-state index contributed by atoms with van der Waals surface area (Å²) >= 11 is 0. The lowest BCUT2D eigenvalue weighted by Gasteiger charge is -2.25. The van der Waals surface area contributed by atoms with Crippen molar-refractivity contribution in [3.63, 3.8) is 0 Å². The standard InChI is InChI=1S/C11H26O5Si/c1-7-12-11(13-8-2)16-17(14-9(3)4)15-10(5)6/h9-11,17H,7-8H2,1-6H3. The maximum atomic E-state index is 5.62. The summed E-state index contributed by atoms with van der Waals surface area (Å²) in [5.41, 5.74) is 0. The lowest BCUT2D eigenvalue weighted by Crippen LogP contribution is -2.38. The Morgan fingerprint density at radius 1 is 0.765 bits per heavy atom. The molecule has 0 saturated heterocycles. The summed E-state index contributed by atoms with van der Waals surface area (Å²) < 4.78 is 27.5. The van der Waals surface area contributed by atoms with Crippen molar-refractivity contribution < 1.29 is 22.8 Å². The zero-order valence-electron chi connectivity index (χ0n) is 11.8. The molecular formula is C11H26O5Si. The Labute approximate surface area is 106 Å². The number of rotatable bonds is 10. The van der Waals surface area contributed by atoms with E-state index in [1.54, 1.807) is 0 Å². The Morgan fingerprint density at radius 2 is 1.18 bits per heavy atom. The fourth-order valence-electron chi connectivity index (χ4n) is 1.03. The van der Waals surface area contributed by atoms with Crippen molar-refractivity contribution in [3.8, 4) is 0 Å². The van der Waals surface area contributed by atoms with Crippen molar-refractivity contribution in [2.75, 3.05) is 13.2 Å². The Bertz CT molecular complexity index is 161. The topological polar surface area (TPSA) is 46.2 Å². The van der Waals surface area contributed by atoms with Crippen molar-refractivity contribution in [2.24, 2.45) is 0 Å². The second-order valence-corrected chi connectivity index (χ2v) is 5.39. The minimum Gasteiger partial charge on any atom is -0.373 e. The fraction of sp³-hybridized carbons (Fsp3) is 1.00. The van der Waals surface area contributed by atoms with Crippen molar-refractivity contribution in [3.05, 3.63) is 0 Å². The van der Waals surface area contributed by atoms with Gasteiger partial charge in [0.05, 0.1) is 0 Å². The first kappa shape index (κ1) is 17.0. The van der Waals surface area contributed by atoms with Crippen LogP contribution in [-0.4, -0.2) is 41.4 Å². The highest BCUT2D eigenvalue weighted by Gasteiger charge is 2.24. The smallest absolute Gasteiger partial charge is 0.373 e. The van der Waals surface area contributed by atoms with Gasteiger partial charge in [-0.3, -0.25) is 0 Å². The molecule has 17 heavy (non-hydrogen) atoms. The molecule has 0 aliphatic carbocycles. The molecule has 0 aromatic rings. The second kappa shape index (κ2) is 9.99. The first-order chi connectivity index (χ1) is 7.99. The van der Waals surface area contributed by atoms with Gasteiger partial charge in [0.2, 0.25) is 0 Å². The minimum atomic E-state index is -2.22. The lowest BCUT2D eigenvalue weighted by atomic mass is 10.5. The Morgan fingerprint density at radius 3 is 1.47 bits per heavy atom. The van der Waals surface area contributed by atoms with Crippen LogP contribution in [0.5, 0.6) is 0 Å². The number of hydrogen-bond donors (Lipinski definition) is 0. The zero-order chi connectivity index (χ0) is 13.3. The van der Waals surface area contributed by atoms with Crippen LogP contribution in [0.4, 0.5) is 0 Å². The van der Waals surface area contributed by atoms with Gasteiger partial charge in [0.15, 0.2) is 0 Å². The molecule has 0 rings (SSSR count). The van der Waals surface area contributed by atoms with Crippen LogP contribution in [0.3, 0.4) is 0 Å². The fourth-order valence-corrected chi connectivity index (χ4v) is 2.45. The van der Waals surface area contributed by atoms with Crippen molar-refractivity contribution in [1.29, 1.82) is 0 Å². The van der Waals surface area contributed by atoms with Gasteiger partial charge in [-0.2, -0.15) is 0 Å². The van der Waals surface area contributed by atoms with Gasteiger partial charge in [0.25, 0.3) is 6.48 Å². The summed E-state index contributed by atoms with van der Waals surface area (Å²) in [4.78, 5) is 0. The highest BCUT2D eigenvalue weighted by atomic mass is 28.3. The van der Waals surface area contributed by atoms with Crippen LogP contribution in [0.2, 0.25) is 0 Å². The number of ether oxygens (including phenoxy) is 2. The largest absolute Gasteiger partial charge is 0.488 e. The normalized spacial score (nSPS) is 12.4. The van der Waals surface area contributed by atoms with Crippen LogP contribution < -0.4 is 0 Å². The Hall–Kier alpha value is 0.0169. The summed E-state index contributed by atoms with van der Waals surface area (Å²) in [6.45, 7) is 11.9. The van der Waals surface area contributed by atoms with Crippen molar-refractivity contribution >= 4 is 9.53 Å². The summed E-state index contributed by atoms with van der Waals surface area (Å²) in [6, 6.07) is 0. The maximum Gasteiger partial charge on any atom is 0.488 e. The maximum absolute atomic E-state index is 5.62. The van der Waals surface area contributed by atoms with Gasteiger partial charge in [0.1, 0.15) is 0 Å². The van der Waals surface area contributed by atoms with Crippen LogP contribution >= 0.6 is 0 Å². The summed E-state index contributed by atoms with van der Waals surface area (Å²) in [5.74, 6) is 0. The van der Waals surface area contributed by atoms with Gasteiger partial charge >= 0.3 is 9.53 Å². The van der Waals surface area contributed by atoms with Gasteiger partial charge in [0, 0.05) is 25.4 Å². The van der Waals surface area contributed by atoms with E-state index in [1.807, 2.05) is 41.5 Å². The molecule has 0 aromatic carbocycles. The van der Waals surface area contributed by atoms with E-state index in [0.29, 0.717) is 13.2 Å². The zero-order valence-corrected chi connectivity index (χ0v) is 12.9. The molecule has 0 aliphatic heterocycles. The highest BCUT2D eigenvalue weighted by Crippen LogP contribution is 2.07. The summed E-state index contributed by atoms with van der Waals surface area (Å²) in [7, 11) is -2.22. The van der Waals surface area contributed by atoms with Crippen LogP contribution in [0, 0.1) is 0 Å². The molecule has 0 aromatic heterocycles. The monoisotopic (exact) mass is 266 g/mol. The summed E-state index contributed by atoms with van der Waals surface area (Å²) in [6.07, 6.45) is 0.128. The number of hydrogen-bond acceptors (Lipinski definition) is 5. The first-order valence-electron chi connectivity index (χ1n) is 6.19. The summed E-state index contributed by atoms with van der Waals surface area (Å²) in [5, 5.41) is 0. The molecule has 0 aliphatic rings. The minimum absolute atomic E-state index is 0.0642. The molecule has 0 N–H and O–H groups in total. The molecule has 0 heterocycles. The third-order valence-electron chi connectivity index (χ3n) is 1.59. The van der Waals surface area contributed by atoms with E-state index in [1.165, 1.54) is 0 Å². The second-order valence-electron chi connectivity index (χ2n) is 3.99. The SMILES string of the molecule is CCOC(OCC)O[SiH](OC(C)C)OC(C)C. The van der Waals surface area contributed by atoms with Crippen molar-refractivity contribution in [2.45, 2.75) is 60.2 Å². The molecule has 6 heteroatoms. The molecule has 0 unspecified atom stereocenters. The van der Waals surface area contributed by atoms with Gasteiger partial charge in [-0.05, 0) is 41.5 Å². The lowest BCUT2D eigenvalue weighted by molar-refractivity contribution is -0.258. The van der Waals surface area contributed by atoms with E-state index < -0.39 is 16.0 Å². The van der Waals surface area contributed by atoms with E-state index in [0.717, 1.165) is 0 Å². The van der Waals surface area contributed by atoms with Gasteiger partial charge in [-0.25, -0.2) is 0 Å². The molecule has 5 nitrogen and oxygen atoms in total. The molecule has 0 amide bonds. The van der Waals surface area contributed by atoms with Gasteiger partial charge in [-0.1, -0.05) is 0 Å². The van der Waals surface area contributed by atoms with Crippen LogP contribution in [-0.2, 0) is 22.8 Å². The van der Waals surface area contributed by atoms with E-state index >= 15 is 0 Å². The average Bonchev–Trinajstić information content (AvgIpc) is 2.15. The third-order valence-corrected chi connectivity index (χ3v) is 3.57. The highest BCUT2D eigenvalue weighted by molar-refractivity contribution is 6.36. The predicted molar refractivity (Wildman–Crippen MR) is 67.7 cm³/mol. The molecule has 0 fully saturated rings.